The summed E-state index contributed by atoms with van der Waals surface area (Å²) < 4.78 is 6.98. The monoisotopic (exact) mass is 217 g/mol. The highest BCUT2D eigenvalue weighted by molar-refractivity contribution is 5.45. The zero-order chi connectivity index (χ0) is 11.5. The molecule has 6 heteroatoms. The molecule has 0 bridgehead atoms. The lowest BCUT2D eigenvalue weighted by molar-refractivity contribution is 0.532. The van der Waals surface area contributed by atoms with Gasteiger partial charge >= 0.3 is 0 Å². The summed E-state index contributed by atoms with van der Waals surface area (Å²) in [7, 11) is 1.85. The van der Waals surface area contributed by atoms with Gasteiger partial charge < -0.3 is 9.73 Å². The molecule has 0 spiro atoms. The predicted octanol–water partition coefficient (Wildman–Crippen LogP) is 1.20. The Hall–Kier alpha value is -2.29. The van der Waals surface area contributed by atoms with Gasteiger partial charge in [0.1, 0.15) is 6.07 Å². The minimum atomic E-state index is 0.279. The van der Waals surface area contributed by atoms with E-state index in [0.29, 0.717) is 18.3 Å². The van der Waals surface area contributed by atoms with Gasteiger partial charge in [-0.3, -0.25) is 4.68 Å². The molecule has 6 nitrogen and oxygen atoms in total. The average Bonchev–Trinajstić information content (AvgIpc) is 2.81. The third-order valence-corrected chi connectivity index (χ3v) is 2.05. The van der Waals surface area contributed by atoms with E-state index in [1.54, 1.807) is 17.8 Å². The van der Waals surface area contributed by atoms with Crippen LogP contribution in [0.4, 0.5) is 5.88 Å². The first-order valence-electron chi connectivity index (χ1n) is 4.78. The van der Waals surface area contributed by atoms with E-state index in [1.165, 1.54) is 0 Å². The number of nitriles is 1. The second kappa shape index (κ2) is 4.06. The summed E-state index contributed by atoms with van der Waals surface area (Å²) in [5.74, 6) is 0.883. The van der Waals surface area contributed by atoms with Crippen molar-refractivity contribution in [2.75, 3.05) is 5.32 Å². The molecular weight excluding hydrogens is 206 g/mol. The number of hydrogen-bond acceptors (Lipinski definition) is 5. The molecule has 0 aliphatic heterocycles. The van der Waals surface area contributed by atoms with Crippen LogP contribution < -0.4 is 5.32 Å². The minimum Gasteiger partial charge on any atom is -0.424 e. The molecule has 0 saturated heterocycles. The van der Waals surface area contributed by atoms with E-state index in [9.17, 15) is 0 Å². The fraction of sp³-hybridized carbons (Fsp3) is 0.300. The van der Waals surface area contributed by atoms with E-state index in [4.69, 9.17) is 9.68 Å². The molecule has 2 rings (SSSR count). The first-order chi connectivity index (χ1) is 7.69. The molecule has 0 atom stereocenters. The second-order valence-electron chi connectivity index (χ2n) is 3.40. The first kappa shape index (κ1) is 10.2. The zero-order valence-corrected chi connectivity index (χ0v) is 9.06. The number of hydrogen-bond donors (Lipinski definition) is 1. The number of nitrogens with one attached hydrogen (secondary N) is 1. The number of aromatic nitrogens is 3. The van der Waals surface area contributed by atoms with E-state index in [-0.39, 0.29) is 5.69 Å². The Morgan fingerprint density at radius 1 is 1.62 bits per heavy atom. The van der Waals surface area contributed by atoms with E-state index in [1.807, 2.05) is 19.3 Å². The molecular formula is C10H11N5O. The highest BCUT2D eigenvalue weighted by Gasteiger charge is 2.09. The molecule has 0 unspecified atom stereocenters. The maximum absolute atomic E-state index is 8.80. The van der Waals surface area contributed by atoms with Gasteiger partial charge in [-0.15, -0.1) is 0 Å². The number of anilines is 1. The fourth-order valence-electron chi connectivity index (χ4n) is 1.37. The highest BCUT2D eigenvalue weighted by atomic mass is 16.4. The Kier molecular flexibility index (Phi) is 2.60. The van der Waals surface area contributed by atoms with Crippen LogP contribution in [-0.4, -0.2) is 14.8 Å². The van der Waals surface area contributed by atoms with Crippen molar-refractivity contribution in [2.24, 2.45) is 7.05 Å². The zero-order valence-electron chi connectivity index (χ0n) is 9.06. The van der Waals surface area contributed by atoms with Crippen LogP contribution >= 0.6 is 0 Å². The molecule has 0 amide bonds. The van der Waals surface area contributed by atoms with Gasteiger partial charge in [0.25, 0.3) is 0 Å². The summed E-state index contributed by atoms with van der Waals surface area (Å²) in [4.78, 5) is 3.94. The average molecular weight is 217 g/mol. The summed E-state index contributed by atoms with van der Waals surface area (Å²) in [5, 5.41) is 15.9. The van der Waals surface area contributed by atoms with Crippen molar-refractivity contribution < 1.29 is 4.42 Å². The van der Waals surface area contributed by atoms with Gasteiger partial charge in [0.2, 0.25) is 11.6 Å². The summed E-state index contributed by atoms with van der Waals surface area (Å²) >= 11 is 0. The van der Waals surface area contributed by atoms with E-state index < -0.39 is 0 Å². The SMILES string of the molecule is Cc1nc(C#N)c(NCc2cnn(C)c2)o1. The molecule has 0 aliphatic carbocycles. The van der Waals surface area contributed by atoms with Crippen molar-refractivity contribution in [3.05, 3.63) is 29.5 Å². The van der Waals surface area contributed by atoms with Gasteiger partial charge in [0, 0.05) is 32.3 Å². The molecule has 0 aliphatic rings. The van der Waals surface area contributed by atoms with Gasteiger partial charge in [-0.2, -0.15) is 10.4 Å². The molecule has 1 N–H and O–H groups in total. The van der Waals surface area contributed by atoms with Gasteiger partial charge in [-0.1, -0.05) is 0 Å². The van der Waals surface area contributed by atoms with E-state index in [0.717, 1.165) is 5.56 Å². The lowest BCUT2D eigenvalue weighted by Gasteiger charge is -1.99. The highest BCUT2D eigenvalue weighted by Crippen LogP contribution is 2.16. The number of oxazole rings is 1. The largest absolute Gasteiger partial charge is 0.424 e. The Labute approximate surface area is 92.5 Å². The van der Waals surface area contributed by atoms with Crippen molar-refractivity contribution in [3.8, 4) is 6.07 Å². The fourth-order valence-corrected chi connectivity index (χ4v) is 1.37. The predicted molar refractivity (Wildman–Crippen MR) is 56.5 cm³/mol. The van der Waals surface area contributed by atoms with Crippen molar-refractivity contribution in [1.29, 1.82) is 5.26 Å². The van der Waals surface area contributed by atoms with Crippen molar-refractivity contribution >= 4 is 5.88 Å². The van der Waals surface area contributed by atoms with Crippen LogP contribution in [0.2, 0.25) is 0 Å². The molecule has 82 valence electrons. The van der Waals surface area contributed by atoms with Gasteiger partial charge in [0.15, 0.2) is 5.89 Å². The lowest BCUT2D eigenvalue weighted by Crippen LogP contribution is -1.98. The lowest BCUT2D eigenvalue weighted by atomic mass is 10.3. The Bertz CT molecular complexity index is 534. The second-order valence-corrected chi connectivity index (χ2v) is 3.40. The summed E-state index contributed by atoms with van der Waals surface area (Å²) in [6.07, 6.45) is 3.64. The Balaban J connectivity index is 2.07. The standard InChI is InChI=1S/C10H11N5O/c1-7-14-9(3-11)10(16-7)12-4-8-5-13-15(2)6-8/h5-6,12H,4H2,1-2H3. The summed E-state index contributed by atoms with van der Waals surface area (Å²) in [6, 6.07) is 1.97. The maximum Gasteiger partial charge on any atom is 0.232 e. The third kappa shape index (κ3) is 2.03. The molecule has 0 fully saturated rings. The number of rotatable bonds is 3. The molecule has 0 radical (unpaired) electrons. The van der Waals surface area contributed by atoms with E-state index in [2.05, 4.69) is 15.4 Å². The molecule has 16 heavy (non-hydrogen) atoms. The molecule has 2 aromatic rings. The maximum atomic E-state index is 8.80. The molecule has 0 saturated carbocycles. The number of aryl methyl sites for hydroxylation is 2. The van der Waals surface area contributed by atoms with Crippen LogP contribution in [0, 0.1) is 18.3 Å². The number of nitrogens with zero attached hydrogens (tertiary/aromatic N) is 4. The topological polar surface area (TPSA) is 79.7 Å². The van der Waals surface area contributed by atoms with Gasteiger partial charge in [-0.25, -0.2) is 4.98 Å². The minimum absolute atomic E-state index is 0.279. The smallest absolute Gasteiger partial charge is 0.232 e. The first-order valence-corrected chi connectivity index (χ1v) is 4.78. The van der Waals surface area contributed by atoms with Crippen LogP contribution in [0.25, 0.3) is 0 Å². The van der Waals surface area contributed by atoms with Crippen LogP contribution in [0.5, 0.6) is 0 Å². The Morgan fingerprint density at radius 2 is 2.44 bits per heavy atom. The van der Waals surface area contributed by atoms with Crippen LogP contribution in [0.15, 0.2) is 16.8 Å². The van der Waals surface area contributed by atoms with E-state index >= 15 is 0 Å². The summed E-state index contributed by atoms with van der Waals surface area (Å²) in [5.41, 5.74) is 1.29. The normalized spacial score (nSPS) is 10.1. The van der Waals surface area contributed by atoms with Gasteiger partial charge in [0.05, 0.1) is 6.20 Å². The van der Waals surface area contributed by atoms with Crippen molar-refractivity contribution in [3.63, 3.8) is 0 Å². The van der Waals surface area contributed by atoms with Gasteiger partial charge in [-0.05, 0) is 0 Å². The third-order valence-electron chi connectivity index (χ3n) is 2.05. The Morgan fingerprint density at radius 3 is 3.06 bits per heavy atom. The van der Waals surface area contributed by atoms with Crippen molar-refractivity contribution in [1.82, 2.24) is 14.8 Å². The molecule has 0 aromatic carbocycles. The quantitative estimate of drug-likeness (QED) is 0.835. The molecule has 2 aromatic heterocycles. The van der Waals surface area contributed by atoms with Crippen LogP contribution in [0.3, 0.4) is 0 Å². The van der Waals surface area contributed by atoms with Crippen LogP contribution in [0.1, 0.15) is 17.1 Å². The van der Waals surface area contributed by atoms with Crippen LogP contribution in [-0.2, 0) is 13.6 Å². The van der Waals surface area contributed by atoms with Crippen molar-refractivity contribution in [2.45, 2.75) is 13.5 Å². The molecule has 2 heterocycles. The summed E-state index contributed by atoms with van der Waals surface area (Å²) in [6.45, 7) is 2.26.